The maximum absolute atomic E-state index is 13.2. The molecule has 10 nitrogen and oxygen atoms in total. The highest BCUT2D eigenvalue weighted by Gasteiger charge is 2.34. The third kappa shape index (κ3) is 9.79. The third-order valence-corrected chi connectivity index (χ3v) is 6.25. The normalized spacial score (nSPS) is 16.8. The van der Waals surface area contributed by atoms with E-state index in [1.807, 2.05) is 13.8 Å². The summed E-state index contributed by atoms with van der Waals surface area (Å²) >= 11 is 12.1. The Labute approximate surface area is 232 Å². The second-order valence-electron chi connectivity index (χ2n) is 10.5. The average molecular weight is 572 g/mol. The Morgan fingerprint density at radius 1 is 1.08 bits per heavy atom. The molecule has 1 fully saturated rings. The van der Waals surface area contributed by atoms with Crippen LogP contribution in [0.25, 0.3) is 0 Å². The lowest BCUT2D eigenvalue weighted by molar-refractivity contribution is -0.132. The van der Waals surface area contributed by atoms with Crippen molar-refractivity contribution < 1.29 is 33.4 Å². The fraction of sp³-hybridized carbons (Fsp3) is 0.577. The number of benzene rings is 1. The molecule has 1 heterocycles. The van der Waals surface area contributed by atoms with E-state index in [0.29, 0.717) is 13.0 Å². The first kappa shape index (κ1) is 31.4. The predicted molar refractivity (Wildman–Crippen MR) is 142 cm³/mol. The summed E-state index contributed by atoms with van der Waals surface area (Å²) in [6, 6.07) is 2.33. The highest BCUT2D eigenvalue weighted by Crippen LogP contribution is 2.25. The van der Waals surface area contributed by atoms with E-state index < -0.39 is 54.0 Å². The molecule has 0 bridgehead atoms. The van der Waals surface area contributed by atoms with Gasteiger partial charge in [-0.05, 0) is 58.1 Å². The first-order chi connectivity index (χ1) is 17.7. The molecule has 2 rings (SSSR count). The Morgan fingerprint density at radius 3 is 2.24 bits per heavy atom. The Balaban J connectivity index is 2.17. The molecule has 0 saturated carbocycles. The van der Waals surface area contributed by atoms with Crippen LogP contribution in [0.5, 0.6) is 0 Å². The second kappa shape index (κ2) is 13.8. The van der Waals surface area contributed by atoms with Gasteiger partial charge in [0.2, 0.25) is 11.8 Å². The van der Waals surface area contributed by atoms with Gasteiger partial charge >= 0.3 is 12.1 Å². The number of Topliss-reactive ketones (excluding diaryl/α,β-unsaturated/α-hetero) is 1. The van der Waals surface area contributed by atoms with Crippen LogP contribution in [0.4, 0.5) is 4.79 Å². The molecule has 12 heteroatoms. The van der Waals surface area contributed by atoms with Crippen LogP contribution in [0.1, 0.15) is 64.2 Å². The SMILES string of the molecule is CC(C)CC(NC(=O)OC(C)(C)C)C(=O)NC(CC1CCNC1=O)C(=O)COC(=O)c1c(Cl)cccc1Cl. The van der Waals surface area contributed by atoms with Crippen LogP contribution >= 0.6 is 23.2 Å². The molecule has 1 aliphatic rings. The van der Waals surface area contributed by atoms with Crippen molar-refractivity contribution in [3.63, 3.8) is 0 Å². The van der Waals surface area contributed by atoms with Crippen LogP contribution in [0.15, 0.2) is 18.2 Å². The van der Waals surface area contributed by atoms with Crippen molar-refractivity contribution >= 4 is 52.9 Å². The Kier molecular flexibility index (Phi) is 11.4. The van der Waals surface area contributed by atoms with Gasteiger partial charge < -0.3 is 25.4 Å². The zero-order valence-corrected chi connectivity index (χ0v) is 23.7. The molecule has 0 aromatic heterocycles. The minimum Gasteiger partial charge on any atom is -0.454 e. The molecule has 3 atom stereocenters. The van der Waals surface area contributed by atoms with E-state index in [0.717, 1.165) is 0 Å². The van der Waals surface area contributed by atoms with E-state index in [1.54, 1.807) is 26.8 Å². The fourth-order valence-corrected chi connectivity index (χ4v) is 4.40. The summed E-state index contributed by atoms with van der Waals surface area (Å²) in [5.41, 5.74) is -0.857. The maximum Gasteiger partial charge on any atom is 0.408 e. The first-order valence-electron chi connectivity index (χ1n) is 12.4. The molecule has 1 aliphatic heterocycles. The molecule has 1 saturated heterocycles. The molecular weight excluding hydrogens is 537 g/mol. The summed E-state index contributed by atoms with van der Waals surface area (Å²) in [5, 5.41) is 8.02. The van der Waals surface area contributed by atoms with Crippen molar-refractivity contribution in [2.75, 3.05) is 13.2 Å². The van der Waals surface area contributed by atoms with Crippen LogP contribution in [-0.2, 0) is 23.9 Å². The van der Waals surface area contributed by atoms with E-state index in [1.165, 1.54) is 12.1 Å². The topological polar surface area (TPSA) is 140 Å². The quantitative estimate of drug-likeness (QED) is 0.344. The molecule has 38 heavy (non-hydrogen) atoms. The number of carbonyl (C=O) groups is 5. The highest BCUT2D eigenvalue weighted by atomic mass is 35.5. The van der Waals surface area contributed by atoms with E-state index in [2.05, 4.69) is 16.0 Å². The van der Waals surface area contributed by atoms with Crippen molar-refractivity contribution in [2.24, 2.45) is 11.8 Å². The fourth-order valence-electron chi connectivity index (χ4n) is 3.85. The standard InChI is InChI=1S/C26H35Cl2N3O7/c1-14(2)11-19(31-25(36)38-26(3,4)5)23(34)30-18(12-15-9-10-29-22(15)33)20(32)13-37-24(35)21-16(27)7-6-8-17(21)28/h6-8,14-15,18-19H,9-13H2,1-5H3,(H,29,33)(H,30,34)(H,31,36). The zero-order valence-electron chi connectivity index (χ0n) is 22.2. The Bertz CT molecular complexity index is 1040. The lowest BCUT2D eigenvalue weighted by Crippen LogP contribution is -2.53. The van der Waals surface area contributed by atoms with E-state index in [9.17, 15) is 24.0 Å². The molecule has 3 amide bonds. The molecule has 0 aliphatic carbocycles. The van der Waals surface area contributed by atoms with E-state index >= 15 is 0 Å². The average Bonchev–Trinajstić information content (AvgIpc) is 3.19. The van der Waals surface area contributed by atoms with Crippen molar-refractivity contribution in [1.82, 2.24) is 16.0 Å². The number of alkyl carbamates (subject to hydrolysis) is 1. The molecule has 0 radical (unpaired) electrons. The van der Waals surface area contributed by atoms with Crippen molar-refractivity contribution in [1.29, 1.82) is 0 Å². The number of ether oxygens (including phenoxy) is 2. The summed E-state index contributed by atoms with van der Waals surface area (Å²) < 4.78 is 10.4. The monoisotopic (exact) mass is 571 g/mol. The van der Waals surface area contributed by atoms with Gasteiger partial charge in [0.1, 0.15) is 11.6 Å². The number of amides is 3. The zero-order chi connectivity index (χ0) is 28.6. The van der Waals surface area contributed by atoms with Crippen molar-refractivity contribution in [3.05, 3.63) is 33.8 Å². The van der Waals surface area contributed by atoms with Gasteiger partial charge in [-0.3, -0.25) is 14.4 Å². The van der Waals surface area contributed by atoms with Gasteiger partial charge in [0.15, 0.2) is 12.4 Å². The number of carbonyl (C=O) groups excluding carboxylic acids is 5. The van der Waals surface area contributed by atoms with Gasteiger partial charge in [-0.25, -0.2) is 9.59 Å². The minimum atomic E-state index is -1.15. The van der Waals surface area contributed by atoms with Gasteiger partial charge in [-0.15, -0.1) is 0 Å². The molecule has 210 valence electrons. The minimum absolute atomic E-state index is 0.00163. The van der Waals surface area contributed by atoms with Gasteiger partial charge in [-0.2, -0.15) is 0 Å². The number of nitrogens with one attached hydrogen (secondary N) is 3. The summed E-state index contributed by atoms with van der Waals surface area (Å²) in [5.74, 6) is -2.88. The van der Waals surface area contributed by atoms with Crippen LogP contribution in [0, 0.1) is 11.8 Å². The summed E-state index contributed by atoms with van der Waals surface area (Å²) in [7, 11) is 0. The summed E-state index contributed by atoms with van der Waals surface area (Å²) in [6.07, 6.45) is -0.0155. The lowest BCUT2D eigenvalue weighted by atomic mass is 9.95. The highest BCUT2D eigenvalue weighted by molar-refractivity contribution is 6.39. The van der Waals surface area contributed by atoms with Crippen LogP contribution < -0.4 is 16.0 Å². The molecule has 1 aromatic rings. The van der Waals surface area contributed by atoms with Gasteiger partial charge in [0, 0.05) is 12.5 Å². The number of halogens is 2. The maximum atomic E-state index is 13.2. The first-order valence-corrected chi connectivity index (χ1v) is 13.1. The number of ketones is 1. The predicted octanol–water partition coefficient (Wildman–Crippen LogP) is 3.67. The third-order valence-electron chi connectivity index (χ3n) is 5.62. The number of esters is 1. The number of hydrogen-bond donors (Lipinski definition) is 3. The molecule has 3 N–H and O–H groups in total. The largest absolute Gasteiger partial charge is 0.454 e. The Morgan fingerprint density at radius 2 is 1.71 bits per heavy atom. The van der Waals surface area contributed by atoms with Crippen LogP contribution in [0.2, 0.25) is 10.0 Å². The number of hydrogen-bond acceptors (Lipinski definition) is 7. The van der Waals surface area contributed by atoms with E-state index in [-0.39, 0.29) is 40.3 Å². The van der Waals surface area contributed by atoms with Gasteiger partial charge in [-0.1, -0.05) is 43.1 Å². The second-order valence-corrected chi connectivity index (χ2v) is 11.4. The number of rotatable bonds is 11. The van der Waals surface area contributed by atoms with Gasteiger partial charge in [0.05, 0.1) is 21.7 Å². The smallest absolute Gasteiger partial charge is 0.408 e. The Hall–Kier alpha value is -2.85. The van der Waals surface area contributed by atoms with E-state index in [4.69, 9.17) is 32.7 Å². The van der Waals surface area contributed by atoms with Crippen molar-refractivity contribution in [2.45, 2.75) is 71.6 Å². The van der Waals surface area contributed by atoms with Crippen LogP contribution in [0.3, 0.4) is 0 Å². The summed E-state index contributed by atoms with van der Waals surface area (Å²) in [6.45, 7) is 8.61. The van der Waals surface area contributed by atoms with Crippen LogP contribution in [-0.4, -0.2) is 60.5 Å². The molecule has 1 aromatic carbocycles. The van der Waals surface area contributed by atoms with Crippen molar-refractivity contribution in [3.8, 4) is 0 Å². The molecule has 3 unspecified atom stereocenters. The molecular formula is C26H35Cl2N3O7. The molecule has 0 spiro atoms. The van der Waals surface area contributed by atoms with Gasteiger partial charge in [0.25, 0.3) is 0 Å². The summed E-state index contributed by atoms with van der Waals surface area (Å²) in [4.78, 5) is 63.4. The lowest BCUT2D eigenvalue weighted by Gasteiger charge is -2.26.